The van der Waals surface area contributed by atoms with Crippen molar-refractivity contribution in [3.05, 3.63) is 51.7 Å². The van der Waals surface area contributed by atoms with Gasteiger partial charge >= 0.3 is 6.03 Å². The maximum absolute atomic E-state index is 11.9. The zero-order valence-corrected chi connectivity index (χ0v) is 13.3. The zero-order chi connectivity index (χ0) is 15.2. The van der Waals surface area contributed by atoms with Crippen molar-refractivity contribution < 1.29 is 9.53 Å². The van der Waals surface area contributed by atoms with E-state index in [-0.39, 0.29) is 12.1 Å². The first-order valence-electron chi connectivity index (χ1n) is 6.77. The minimum atomic E-state index is -0.226. The fourth-order valence-corrected chi connectivity index (χ4v) is 2.68. The van der Waals surface area contributed by atoms with Gasteiger partial charge in [-0.25, -0.2) is 4.79 Å². The minimum Gasteiger partial charge on any atom is -0.375 e. The third kappa shape index (κ3) is 4.31. The molecule has 112 valence electrons. The van der Waals surface area contributed by atoms with E-state index in [0.717, 1.165) is 16.8 Å². The Labute approximate surface area is 129 Å². The first-order chi connectivity index (χ1) is 10.1. The van der Waals surface area contributed by atoms with Crippen LogP contribution in [0.15, 0.2) is 35.0 Å². The van der Waals surface area contributed by atoms with Crippen LogP contribution in [0.2, 0.25) is 0 Å². The summed E-state index contributed by atoms with van der Waals surface area (Å²) < 4.78 is 5.39. The van der Waals surface area contributed by atoms with E-state index in [9.17, 15) is 4.79 Å². The van der Waals surface area contributed by atoms with Crippen LogP contribution in [0.5, 0.6) is 0 Å². The van der Waals surface area contributed by atoms with Crippen LogP contribution in [0.1, 0.15) is 22.8 Å². The maximum atomic E-state index is 11.9. The summed E-state index contributed by atoms with van der Waals surface area (Å²) in [5.41, 5.74) is 4.23. The van der Waals surface area contributed by atoms with Crippen molar-refractivity contribution in [2.75, 3.05) is 19.0 Å². The molecule has 21 heavy (non-hydrogen) atoms. The Balaban J connectivity index is 1.88. The summed E-state index contributed by atoms with van der Waals surface area (Å²) >= 11 is 1.61. The second-order valence-corrected chi connectivity index (χ2v) is 5.70. The number of aryl methyl sites for hydroxylation is 2. The number of amides is 2. The van der Waals surface area contributed by atoms with E-state index in [1.807, 2.05) is 48.9 Å². The number of benzene rings is 1. The van der Waals surface area contributed by atoms with Crippen LogP contribution in [0, 0.1) is 13.8 Å². The molecule has 1 aromatic carbocycles. The molecule has 1 heterocycles. The number of urea groups is 1. The van der Waals surface area contributed by atoms with Crippen LogP contribution in [0.25, 0.3) is 0 Å². The SMILES string of the molecule is COC(CNC(=O)Nc1ccc(C)c(C)c1)c1ccsc1. The highest BCUT2D eigenvalue weighted by molar-refractivity contribution is 7.07. The van der Waals surface area contributed by atoms with E-state index in [1.54, 1.807) is 18.4 Å². The van der Waals surface area contributed by atoms with Gasteiger partial charge in [-0.1, -0.05) is 6.07 Å². The monoisotopic (exact) mass is 304 g/mol. The molecule has 2 rings (SSSR count). The van der Waals surface area contributed by atoms with Gasteiger partial charge in [0, 0.05) is 19.3 Å². The Bertz CT molecular complexity index is 596. The lowest BCUT2D eigenvalue weighted by atomic mass is 10.1. The second kappa shape index (κ2) is 7.24. The van der Waals surface area contributed by atoms with Gasteiger partial charge in [0.25, 0.3) is 0 Å². The van der Waals surface area contributed by atoms with Crippen molar-refractivity contribution in [1.29, 1.82) is 0 Å². The van der Waals surface area contributed by atoms with Crippen molar-refractivity contribution in [3.8, 4) is 0 Å². The summed E-state index contributed by atoms with van der Waals surface area (Å²) in [6, 6.07) is 7.63. The molecule has 0 fully saturated rings. The lowest BCUT2D eigenvalue weighted by molar-refractivity contribution is 0.105. The average molecular weight is 304 g/mol. The van der Waals surface area contributed by atoms with Gasteiger partial charge in [-0.05, 0) is 59.5 Å². The molecule has 0 saturated heterocycles. The summed E-state index contributed by atoms with van der Waals surface area (Å²) in [4.78, 5) is 11.9. The molecular weight excluding hydrogens is 284 g/mol. The van der Waals surface area contributed by atoms with Gasteiger partial charge in [0.2, 0.25) is 0 Å². The fraction of sp³-hybridized carbons (Fsp3) is 0.312. The molecule has 0 aliphatic rings. The smallest absolute Gasteiger partial charge is 0.319 e. The summed E-state index contributed by atoms with van der Waals surface area (Å²) in [6.45, 7) is 4.50. The average Bonchev–Trinajstić information content (AvgIpc) is 2.98. The molecule has 1 atom stereocenters. The molecule has 1 aromatic heterocycles. The molecule has 0 saturated carbocycles. The molecule has 2 amide bonds. The molecular formula is C16H20N2O2S. The fourth-order valence-electron chi connectivity index (χ4n) is 1.98. The molecule has 0 aliphatic carbocycles. The summed E-state index contributed by atoms with van der Waals surface area (Å²) in [6.07, 6.45) is -0.123. The molecule has 4 nitrogen and oxygen atoms in total. The van der Waals surface area contributed by atoms with Crippen molar-refractivity contribution >= 4 is 23.1 Å². The number of methoxy groups -OCH3 is 1. The number of hydrogen-bond donors (Lipinski definition) is 2. The van der Waals surface area contributed by atoms with E-state index in [2.05, 4.69) is 10.6 Å². The van der Waals surface area contributed by atoms with E-state index < -0.39 is 0 Å². The van der Waals surface area contributed by atoms with Crippen molar-refractivity contribution in [2.24, 2.45) is 0 Å². The van der Waals surface area contributed by atoms with Gasteiger partial charge in [0.1, 0.15) is 6.10 Å². The van der Waals surface area contributed by atoms with Gasteiger partial charge in [0.15, 0.2) is 0 Å². The highest BCUT2D eigenvalue weighted by atomic mass is 32.1. The van der Waals surface area contributed by atoms with Crippen LogP contribution in [0.4, 0.5) is 10.5 Å². The number of rotatable bonds is 5. The Morgan fingerprint density at radius 3 is 2.71 bits per heavy atom. The predicted octanol–water partition coefficient (Wildman–Crippen LogP) is 3.87. The first-order valence-corrected chi connectivity index (χ1v) is 7.71. The van der Waals surface area contributed by atoms with Gasteiger partial charge in [-0.2, -0.15) is 11.3 Å². The number of thiophene rings is 1. The maximum Gasteiger partial charge on any atom is 0.319 e. The van der Waals surface area contributed by atoms with E-state index >= 15 is 0 Å². The Morgan fingerprint density at radius 2 is 2.10 bits per heavy atom. The van der Waals surface area contributed by atoms with E-state index in [4.69, 9.17) is 4.74 Å². The number of anilines is 1. The summed E-state index contributed by atoms with van der Waals surface area (Å²) in [5.74, 6) is 0. The van der Waals surface area contributed by atoms with E-state index in [0.29, 0.717) is 6.54 Å². The number of ether oxygens (including phenoxy) is 1. The van der Waals surface area contributed by atoms with Crippen LogP contribution in [-0.4, -0.2) is 19.7 Å². The molecule has 2 aromatic rings. The minimum absolute atomic E-state index is 0.123. The van der Waals surface area contributed by atoms with E-state index in [1.165, 1.54) is 5.56 Å². The Kier molecular flexibility index (Phi) is 5.36. The highest BCUT2D eigenvalue weighted by Crippen LogP contribution is 2.18. The zero-order valence-electron chi connectivity index (χ0n) is 12.5. The van der Waals surface area contributed by atoms with Crippen LogP contribution >= 0.6 is 11.3 Å². The molecule has 0 radical (unpaired) electrons. The largest absolute Gasteiger partial charge is 0.375 e. The highest BCUT2D eigenvalue weighted by Gasteiger charge is 2.12. The first kappa shape index (κ1) is 15.5. The summed E-state index contributed by atoms with van der Waals surface area (Å²) in [5, 5.41) is 9.69. The predicted molar refractivity (Wildman–Crippen MR) is 87.0 cm³/mol. The Morgan fingerprint density at radius 1 is 1.29 bits per heavy atom. The molecule has 5 heteroatoms. The van der Waals surface area contributed by atoms with Gasteiger partial charge in [-0.15, -0.1) is 0 Å². The van der Waals surface area contributed by atoms with Gasteiger partial charge < -0.3 is 15.4 Å². The number of carbonyl (C=O) groups excluding carboxylic acids is 1. The Hall–Kier alpha value is -1.85. The van der Waals surface area contributed by atoms with Crippen molar-refractivity contribution in [2.45, 2.75) is 20.0 Å². The van der Waals surface area contributed by atoms with Crippen molar-refractivity contribution in [1.82, 2.24) is 5.32 Å². The number of carbonyl (C=O) groups is 1. The van der Waals surface area contributed by atoms with Gasteiger partial charge in [0.05, 0.1) is 0 Å². The molecule has 0 bridgehead atoms. The second-order valence-electron chi connectivity index (χ2n) is 4.92. The normalized spacial score (nSPS) is 12.0. The quantitative estimate of drug-likeness (QED) is 0.881. The third-order valence-corrected chi connectivity index (χ3v) is 4.11. The number of hydrogen-bond acceptors (Lipinski definition) is 3. The molecule has 2 N–H and O–H groups in total. The molecule has 0 aliphatic heterocycles. The number of nitrogens with one attached hydrogen (secondary N) is 2. The third-order valence-electron chi connectivity index (χ3n) is 3.41. The topological polar surface area (TPSA) is 50.4 Å². The van der Waals surface area contributed by atoms with Crippen LogP contribution in [-0.2, 0) is 4.74 Å². The summed E-state index contributed by atoms with van der Waals surface area (Å²) in [7, 11) is 1.64. The lowest BCUT2D eigenvalue weighted by Crippen LogP contribution is -2.32. The van der Waals surface area contributed by atoms with Crippen LogP contribution < -0.4 is 10.6 Å². The molecule has 0 spiro atoms. The lowest BCUT2D eigenvalue weighted by Gasteiger charge is -2.15. The van der Waals surface area contributed by atoms with Crippen LogP contribution in [0.3, 0.4) is 0 Å². The van der Waals surface area contributed by atoms with Gasteiger partial charge in [-0.3, -0.25) is 0 Å². The van der Waals surface area contributed by atoms with Crippen molar-refractivity contribution in [3.63, 3.8) is 0 Å². The standard InChI is InChI=1S/C16H20N2O2S/c1-11-4-5-14(8-12(11)2)18-16(19)17-9-15(20-3)13-6-7-21-10-13/h4-8,10,15H,9H2,1-3H3,(H2,17,18,19). The molecule has 1 unspecified atom stereocenters.